The normalized spacial score (nSPS) is 16.9. The lowest BCUT2D eigenvalue weighted by atomic mass is 9.95. The number of aliphatic hydroxyl groups excluding tert-OH is 1. The van der Waals surface area contributed by atoms with Crippen molar-refractivity contribution in [1.82, 2.24) is 4.90 Å². The van der Waals surface area contributed by atoms with Crippen molar-refractivity contribution >= 4 is 22.4 Å². The van der Waals surface area contributed by atoms with Gasteiger partial charge in [0.25, 0.3) is 0 Å². The largest absolute Gasteiger partial charge is 0.495 e. The lowest BCUT2D eigenvalue weighted by molar-refractivity contribution is 0.0624. The lowest BCUT2D eigenvalue weighted by Gasteiger charge is -2.34. The molecule has 1 heterocycles. The Morgan fingerprint density at radius 3 is 2.60 bits per heavy atom. The molecule has 156 valence electrons. The average Bonchev–Trinajstić information content (AvgIpc) is 2.79. The molecule has 1 N–H and O–H groups in total. The number of rotatable bonds is 6. The number of fused-ring (bicyclic) bond motifs is 1. The van der Waals surface area contributed by atoms with Gasteiger partial charge in [-0.1, -0.05) is 71.8 Å². The summed E-state index contributed by atoms with van der Waals surface area (Å²) in [6, 6.07) is 20.5. The van der Waals surface area contributed by atoms with E-state index in [0.29, 0.717) is 10.8 Å². The Hall–Kier alpha value is -2.33. The molecule has 0 saturated heterocycles. The fraction of sp³-hybridized carbons (Fsp3) is 0.308. The van der Waals surface area contributed by atoms with Crippen LogP contribution in [0.3, 0.4) is 0 Å². The molecule has 1 aliphatic heterocycles. The van der Waals surface area contributed by atoms with E-state index in [4.69, 9.17) is 16.3 Å². The van der Waals surface area contributed by atoms with Gasteiger partial charge in [-0.15, -0.1) is 0 Å². The van der Waals surface area contributed by atoms with Gasteiger partial charge in [0.05, 0.1) is 18.2 Å². The number of benzene rings is 3. The first-order valence-electron chi connectivity index (χ1n) is 10.5. The number of methoxy groups -OCH3 is 1. The van der Waals surface area contributed by atoms with E-state index in [1.165, 1.54) is 11.1 Å². The summed E-state index contributed by atoms with van der Waals surface area (Å²) in [4.78, 5) is 2.35. The minimum atomic E-state index is -0.556. The fourth-order valence-electron chi connectivity index (χ4n) is 4.23. The van der Waals surface area contributed by atoms with Crippen LogP contribution in [0.1, 0.15) is 30.6 Å². The van der Waals surface area contributed by atoms with Gasteiger partial charge in [0.1, 0.15) is 5.75 Å². The maximum atomic E-state index is 11.1. The molecule has 0 amide bonds. The second-order valence-corrected chi connectivity index (χ2v) is 8.40. The Balaban J connectivity index is 1.45. The third kappa shape index (κ3) is 4.39. The molecule has 3 aromatic carbocycles. The molecule has 0 fully saturated rings. The first-order valence-corrected chi connectivity index (χ1v) is 10.8. The van der Waals surface area contributed by atoms with E-state index in [1.54, 1.807) is 7.11 Å². The van der Waals surface area contributed by atoms with Crippen molar-refractivity contribution in [2.75, 3.05) is 20.2 Å². The summed E-state index contributed by atoms with van der Waals surface area (Å²) in [5.74, 6) is 0.664. The number of hydrogen-bond acceptors (Lipinski definition) is 3. The van der Waals surface area contributed by atoms with E-state index < -0.39 is 6.10 Å². The van der Waals surface area contributed by atoms with Gasteiger partial charge < -0.3 is 9.84 Å². The third-order valence-electron chi connectivity index (χ3n) is 6.15. The molecule has 4 heteroatoms. The third-order valence-corrected chi connectivity index (χ3v) is 6.54. The van der Waals surface area contributed by atoms with Crippen molar-refractivity contribution in [1.29, 1.82) is 0 Å². The molecule has 0 spiro atoms. The molecule has 0 aliphatic carbocycles. The molecule has 0 unspecified atom stereocenters. The Morgan fingerprint density at radius 2 is 1.90 bits per heavy atom. The van der Waals surface area contributed by atoms with E-state index in [2.05, 4.69) is 48.2 Å². The van der Waals surface area contributed by atoms with Crippen LogP contribution in [0.25, 0.3) is 10.8 Å². The van der Waals surface area contributed by atoms with Crippen molar-refractivity contribution in [3.05, 3.63) is 88.5 Å². The van der Waals surface area contributed by atoms with Crippen molar-refractivity contribution < 1.29 is 9.84 Å². The van der Waals surface area contributed by atoms with Crippen LogP contribution in [-0.2, 0) is 6.42 Å². The zero-order valence-corrected chi connectivity index (χ0v) is 18.3. The molecule has 4 rings (SSSR count). The van der Waals surface area contributed by atoms with Gasteiger partial charge in [0.15, 0.2) is 0 Å². The van der Waals surface area contributed by atoms with Gasteiger partial charge in [0.2, 0.25) is 0 Å². The molecule has 0 aromatic heterocycles. The average molecular weight is 422 g/mol. The van der Waals surface area contributed by atoms with E-state index in [-0.39, 0.29) is 6.04 Å². The quantitative estimate of drug-likeness (QED) is 0.510. The smallest absolute Gasteiger partial charge is 0.138 e. The van der Waals surface area contributed by atoms with Gasteiger partial charge in [-0.3, -0.25) is 4.90 Å². The van der Waals surface area contributed by atoms with E-state index in [0.717, 1.165) is 42.3 Å². The van der Waals surface area contributed by atoms with Gasteiger partial charge in [-0.05, 0) is 48.4 Å². The van der Waals surface area contributed by atoms with Crippen LogP contribution in [0.4, 0.5) is 0 Å². The van der Waals surface area contributed by atoms with E-state index in [9.17, 15) is 5.11 Å². The highest BCUT2D eigenvalue weighted by atomic mass is 35.5. The minimum absolute atomic E-state index is 0.0331. The Labute approximate surface area is 183 Å². The summed E-state index contributed by atoms with van der Waals surface area (Å²) in [5.41, 5.74) is 3.75. The standard InChI is InChI=1S/C26H28ClNO2/c1-18(28-14-12-20(13-15-28)16-19-6-4-3-5-7-19)26(29)22-8-10-23-21(17-22)9-11-24(30-2)25(23)27/h3-12,17-18,26,29H,13-16H2,1-2H3/t18-,26+/m1/s1. The van der Waals surface area contributed by atoms with Crippen LogP contribution in [0, 0.1) is 0 Å². The van der Waals surface area contributed by atoms with Gasteiger partial charge in [-0.2, -0.15) is 0 Å². The van der Waals surface area contributed by atoms with Crippen molar-refractivity contribution in [3.63, 3.8) is 0 Å². The van der Waals surface area contributed by atoms with Crippen LogP contribution in [0.5, 0.6) is 5.75 Å². The second kappa shape index (κ2) is 9.22. The van der Waals surface area contributed by atoms with Crippen molar-refractivity contribution in [2.24, 2.45) is 0 Å². The van der Waals surface area contributed by atoms with Gasteiger partial charge in [0, 0.05) is 24.5 Å². The van der Waals surface area contributed by atoms with Crippen LogP contribution in [0.15, 0.2) is 72.3 Å². The maximum Gasteiger partial charge on any atom is 0.138 e. The highest BCUT2D eigenvalue weighted by Crippen LogP contribution is 2.34. The summed E-state index contributed by atoms with van der Waals surface area (Å²) in [6.07, 6.45) is 3.82. The van der Waals surface area contributed by atoms with Crippen LogP contribution in [-0.4, -0.2) is 36.2 Å². The lowest BCUT2D eigenvalue weighted by Crippen LogP contribution is -2.40. The molecule has 1 aliphatic rings. The topological polar surface area (TPSA) is 32.7 Å². The molecular formula is C26H28ClNO2. The van der Waals surface area contributed by atoms with Crippen LogP contribution >= 0.6 is 11.6 Å². The highest BCUT2D eigenvalue weighted by Gasteiger charge is 2.25. The van der Waals surface area contributed by atoms with Gasteiger partial charge in [-0.25, -0.2) is 0 Å². The monoisotopic (exact) mass is 421 g/mol. The predicted octanol–water partition coefficient (Wildman–Crippen LogP) is 5.80. The number of nitrogens with zero attached hydrogens (tertiary/aromatic N) is 1. The number of aliphatic hydroxyl groups is 1. The first kappa shape index (κ1) is 20.9. The van der Waals surface area contributed by atoms with Crippen molar-refractivity contribution in [2.45, 2.75) is 31.9 Å². The molecule has 30 heavy (non-hydrogen) atoms. The summed E-state index contributed by atoms with van der Waals surface area (Å²) in [5, 5.41) is 13.6. The first-order chi connectivity index (χ1) is 14.6. The molecular weight excluding hydrogens is 394 g/mol. The molecule has 3 aromatic rings. The zero-order valence-electron chi connectivity index (χ0n) is 17.5. The summed E-state index contributed by atoms with van der Waals surface area (Å²) in [6.45, 7) is 3.94. The van der Waals surface area contributed by atoms with Crippen LogP contribution in [0.2, 0.25) is 5.02 Å². The zero-order chi connectivity index (χ0) is 21.1. The molecule has 2 atom stereocenters. The Kier molecular flexibility index (Phi) is 6.43. The Bertz CT molecular complexity index is 1050. The molecule has 3 nitrogen and oxygen atoms in total. The molecule has 0 saturated carbocycles. The summed E-state index contributed by atoms with van der Waals surface area (Å²) < 4.78 is 5.30. The maximum absolute atomic E-state index is 11.1. The number of halogens is 1. The van der Waals surface area contributed by atoms with Crippen molar-refractivity contribution in [3.8, 4) is 5.75 Å². The van der Waals surface area contributed by atoms with E-state index in [1.807, 2.05) is 30.3 Å². The highest BCUT2D eigenvalue weighted by molar-refractivity contribution is 6.37. The molecule has 0 radical (unpaired) electrons. The van der Waals surface area contributed by atoms with Crippen LogP contribution < -0.4 is 4.74 Å². The minimum Gasteiger partial charge on any atom is -0.495 e. The fourth-order valence-corrected chi connectivity index (χ4v) is 4.54. The SMILES string of the molecule is COc1ccc2cc([C@@H](O)[C@@H](C)N3CC=C(Cc4ccccc4)CC3)ccc2c1Cl. The molecule has 0 bridgehead atoms. The predicted molar refractivity (Wildman–Crippen MR) is 124 cm³/mol. The van der Waals surface area contributed by atoms with Gasteiger partial charge >= 0.3 is 0 Å². The summed E-state index contributed by atoms with van der Waals surface area (Å²) >= 11 is 6.43. The summed E-state index contributed by atoms with van der Waals surface area (Å²) in [7, 11) is 1.62. The Morgan fingerprint density at radius 1 is 1.10 bits per heavy atom. The second-order valence-electron chi connectivity index (χ2n) is 8.02. The van der Waals surface area contributed by atoms with E-state index >= 15 is 0 Å². The number of ether oxygens (including phenoxy) is 1. The number of hydrogen-bond donors (Lipinski definition) is 1.